The zero-order valence-corrected chi connectivity index (χ0v) is 14.2. The van der Waals surface area contributed by atoms with Crippen molar-refractivity contribution in [2.24, 2.45) is 5.92 Å². The third-order valence-corrected chi connectivity index (χ3v) is 4.40. The van der Waals surface area contributed by atoms with Crippen molar-refractivity contribution >= 4 is 11.8 Å². The molecule has 0 bridgehead atoms. The molecular formula is C18H24N2O4. The van der Waals surface area contributed by atoms with Gasteiger partial charge in [0.05, 0.1) is 12.1 Å². The molecule has 0 aliphatic carbocycles. The van der Waals surface area contributed by atoms with E-state index in [1.165, 1.54) is 0 Å². The van der Waals surface area contributed by atoms with E-state index < -0.39 is 0 Å². The molecule has 24 heavy (non-hydrogen) atoms. The number of para-hydroxylation sites is 1. The number of benzene rings is 1. The molecule has 0 N–H and O–H groups in total. The van der Waals surface area contributed by atoms with E-state index in [-0.39, 0.29) is 37.2 Å². The van der Waals surface area contributed by atoms with Crippen LogP contribution in [0.3, 0.4) is 0 Å². The Morgan fingerprint density at radius 3 is 2.75 bits per heavy atom. The summed E-state index contributed by atoms with van der Waals surface area (Å²) < 4.78 is 11.2. The smallest absolute Gasteiger partial charge is 0.260 e. The molecule has 2 fully saturated rings. The van der Waals surface area contributed by atoms with Gasteiger partial charge in [0.2, 0.25) is 5.91 Å². The molecule has 2 atom stereocenters. The summed E-state index contributed by atoms with van der Waals surface area (Å²) in [6, 6.07) is 9.24. The molecule has 0 unspecified atom stereocenters. The average molecular weight is 332 g/mol. The van der Waals surface area contributed by atoms with Gasteiger partial charge in [0, 0.05) is 19.6 Å². The summed E-state index contributed by atoms with van der Waals surface area (Å²) in [5.41, 5.74) is 0. The van der Waals surface area contributed by atoms with Gasteiger partial charge in [0.15, 0.2) is 6.61 Å². The molecule has 130 valence electrons. The second-order valence-electron chi connectivity index (χ2n) is 6.76. The molecular weight excluding hydrogens is 308 g/mol. The fraction of sp³-hybridized carbons (Fsp3) is 0.556. The summed E-state index contributed by atoms with van der Waals surface area (Å²) in [4.78, 5) is 28.2. The minimum atomic E-state index is -0.0953. The average Bonchev–Trinajstić information content (AvgIpc) is 3.00. The first-order valence-corrected chi connectivity index (χ1v) is 8.41. The molecule has 6 nitrogen and oxygen atoms in total. The number of nitrogens with zero attached hydrogens (tertiary/aromatic N) is 2. The predicted molar refractivity (Wildman–Crippen MR) is 88.6 cm³/mol. The minimum absolute atomic E-state index is 0.00157. The molecule has 3 rings (SSSR count). The van der Waals surface area contributed by atoms with Gasteiger partial charge >= 0.3 is 0 Å². The van der Waals surface area contributed by atoms with Gasteiger partial charge in [0.25, 0.3) is 5.91 Å². The molecule has 1 aromatic rings. The molecule has 2 aliphatic heterocycles. The number of carbonyl (C=O) groups excluding carboxylic acids is 2. The Morgan fingerprint density at radius 2 is 2.04 bits per heavy atom. The molecule has 0 saturated carbocycles. The van der Waals surface area contributed by atoms with Crippen molar-refractivity contribution in [1.82, 2.24) is 9.80 Å². The Balaban J connectivity index is 1.59. The van der Waals surface area contributed by atoms with E-state index in [2.05, 4.69) is 13.8 Å². The molecule has 0 spiro atoms. The summed E-state index contributed by atoms with van der Waals surface area (Å²) in [6.45, 7) is 6.01. The SMILES string of the molecule is CC(C)CN1C(=O)CO[C@@H]2CN(C(=O)COc3ccccc3)C[C@H]21. The van der Waals surface area contributed by atoms with Gasteiger partial charge in [-0.3, -0.25) is 9.59 Å². The maximum absolute atomic E-state index is 12.4. The highest BCUT2D eigenvalue weighted by Gasteiger charge is 2.44. The molecule has 6 heteroatoms. The first kappa shape index (κ1) is 16.8. The van der Waals surface area contributed by atoms with Crippen LogP contribution in [0, 0.1) is 5.92 Å². The maximum Gasteiger partial charge on any atom is 0.260 e. The fourth-order valence-electron chi connectivity index (χ4n) is 3.25. The van der Waals surface area contributed by atoms with Gasteiger partial charge in [-0.15, -0.1) is 0 Å². The third kappa shape index (κ3) is 3.70. The van der Waals surface area contributed by atoms with E-state index in [9.17, 15) is 9.59 Å². The van der Waals surface area contributed by atoms with Crippen molar-refractivity contribution in [2.75, 3.05) is 32.8 Å². The largest absolute Gasteiger partial charge is 0.484 e. The number of hydrogen-bond donors (Lipinski definition) is 0. The first-order chi connectivity index (χ1) is 11.5. The fourth-order valence-corrected chi connectivity index (χ4v) is 3.25. The minimum Gasteiger partial charge on any atom is -0.484 e. The van der Waals surface area contributed by atoms with Crippen LogP contribution in [0.2, 0.25) is 0 Å². The van der Waals surface area contributed by atoms with Crippen LogP contribution in [0.15, 0.2) is 30.3 Å². The van der Waals surface area contributed by atoms with E-state index in [0.29, 0.717) is 31.3 Å². The Labute approximate surface area is 142 Å². The summed E-state index contributed by atoms with van der Waals surface area (Å²) in [6.07, 6.45) is -0.0953. The summed E-state index contributed by atoms with van der Waals surface area (Å²) in [7, 11) is 0. The highest BCUT2D eigenvalue weighted by Crippen LogP contribution is 2.24. The monoisotopic (exact) mass is 332 g/mol. The number of fused-ring (bicyclic) bond motifs is 1. The predicted octanol–water partition coefficient (Wildman–Crippen LogP) is 1.16. The number of amides is 2. The number of rotatable bonds is 5. The second-order valence-corrected chi connectivity index (χ2v) is 6.76. The second kappa shape index (κ2) is 7.21. The van der Waals surface area contributed by atoms with Gasteiger partial charge in [0.1, 0.15) is 12.4 Å². The lowest BCUT2D eigenvalue weighted by Gasteiger charge is -2.37. The normalized spacial score (nSPS) is 23.5. The zero-order chi connectivity index (χ0) is 17.1. The van der Waals surface area contributed by atoms with Gasteiger partial charge in [-0.2, -0.15) is 0 Å². The lowest BCUT2D eigenvalue weighted by Crippen LogP contribution is -2.55. The number of morpholine rings is 1. The quantitative estimate of drug-likeness (QED) is 0.812. The molecule has 1 aromatic carbocycles. The van der Waals surface area contributed by atoms with E-state index in [1.54, 1.807) is 4.90 Å². The molecule has 2 heterocycles. The Bertz CT molecular complexity index is 590. The zero-order valence-electron chi connectivity index (χ0n) is 14.2. The van der Waals surface area contributed by atoms with Crippen molar-refractivity contribution in [2.45, 2.75) is 26.0 Å². The van der Waals surface area contributed by atoms with Crippen LogP contribution in [-0.4, -0.2) is 66.6 Å². The first-order valence-electron chi connectivity index (χ1n) is 8.41. The van der Waals surface area contributed by atoms with Gasteiger partial charge in [-0.05, 0) is 18.1 Å². The number of hydrogen-bond acceptors (Lipinski definition) is 4. The molecule has 0 radical (unpaired) electrons. The summed E-state index contributed by atoms with van der Waals surface area (Å²) >= 11 is 0. The van der Waals surface area contributed by atoms with Crippen molar-refractivity contribution < 1.29 is 19.1 Å². The molecule has 2 saturated heterocycles. The maximum atomic E-state index is 12.4. The van der Waals surface area contributed by atoms with Gasteiger partial charge in [-0.1, -0.05) is 32.0 Å². The highest BCUT2D eigenvalue weighted by molar-refractivity contribution is 5.80. The van der Waals surface area contributed by atoms with Crippen LogP contribution < -0.4 is 4.74 Å². The van der Waals surface area contributed by atoms with Crippen molar-refractivity contribution in [3.05, 3.63) is 30.3 Å². The Hall–Kier alpha value is -2.08. The summed E-state index contributed by atoms with van der Waals surface area (Å²) in [5, 5.41) is 0. The van der Waals surface area contributed by atoms with Crippen LogP contribution in [0.4, 0.5) is 0 Å². The van der Waals surface area contributed by atoms with Crippen LogP contribution in [-0.2, 0) is 14.3 Å². The van der Waals surface area contributed by atoms with Gasteiger partial charge < -0.3 is 19.3 Å². The molecule has 0 aromatic heterocycles. The number of carbonyl (C=O) groups is 2. The van der Waals surface area contributed by atoms with Crippen LogP contribution in [0.25, 0.3) is 0 Å². The topological polar surface area (TPSA) is 59.1 Å². The number of likely N-dealkylation sites (tertiary alicyclic amines) is 1. The van der Waals surface area contributed by atoms with Crippen LogP contribution >= 0.6 is 0 Å². The highest BCUT2D eigenvalue weighted by atomic mass is 16.5. The lowest BCUT2D eigenvalue weighted by molar-refractivity contribution is -0.153. The van der Waals surface area contributed by atoms with Crippen molar-refractivity contribution in [1.29, 1.82) is 0 Å². The van der Waals surface area contributed by atoms with Crippen molar-refractivity contribution in [3.63, 3.8) is 0 Å². The van der Waals surface area contributed by atoms with Gasteiger partial charge in [-0.25, -0.2) is 0 Å². The van der Waals surface area contributed by atoms with Crippen LogP contribution in [0.1, 0.15) is 13.8 Å². The number of ether oxygens (including phenoxy) is 2. The lowest BCUT2D eigenvalue weighted by atomic mass is 10.1. The van der Waals surface area contributed by atoms with E-state index in [4.69, 9.17) is 9.47 Å². The Morgan fingerprint density at radius 1 is 1.29 bits per heavy atom. The third-order valence-electron chi connectivity index (χ3n) is 4.40. The van der Waals surface area contributed by atoms with E-state index >= 15 is 0 Å². The van der Waals surface area contributed by atoms with Crippen molar-refractivity contribution in [3.8, 4) is 5.75 Å². The van der Waals surface area contributed by atoms with Crippen LogP contribution in [0.5, 0.6) is 5.75 Å². The standard InChI is InChI=1S/C18H24N2O4/c1-13(2)8-20-15-9-19(10-16(15)24-12-18(20)22)17(21)11-23-14-6-4-3-5-7-14/h3-7,13,15-16H,8-12H2,1-2H3/t15-,16-/m1/s1. The summed E-state index contributed by atoms with van der Waals surface area (Å²) in [5.74, 6) is 1.00. The van der Waals surface area contributed by atoms with E-state index in [1.807, 2.05) is 35.2 Å². The molecule has 2 aliphatic rings. The molecule has 2 amide bonds. The Kier molecular flexibility index (Phi) is 5.04. The van der Waals surface area contributed by atoms with E-state index in [0.717, 1.165) is 0 Å².